The summed E-state index contributed by atoms with van der Waals surface area (Å²) >= 11 is 0. The van der Waals surface area contributed by atoms with Crippen molar-refractivity contribution in [2.24, 2.45) is 16.6 Å². The third-order valence-corrected chi connectivity index (χ3v) is 3.40. The molecule has 1 heterocycles. The van der Waals surface area contributed by atoms with E-state index in [4.69, 9.17) is 19.9 Å². The summed E-state index contributed by atoms with van der Waals surface area (Å²) in [5.41, 5.74) is 5.76. The standard InChI is InChI=1S/C15H31N3O3/c1-2-19-9-3-7-17-15(16)18-8-4-10-21-13-14-5-11-20-12-6-14/h14H,2-13H2,1H3,(H3,16,17,18). The lowest BCUT2D eigenvalue weighted by Gasteiger charge is -2.21. The number of rotatable bonds is 11. The Morgan fingerprint density at radius 2 is 2.00 bits per heavy atom. The van der Waals surface area contributed by atoms with E-state index in [0.29, 0.717) is 18.4 Å². The summed E-state index contributed by atoms with van der Waals surface area (Å²) in [6.45, 7) is 8.37. The Labute approximate surface area is 128 Å². The molecule has 0 amide bonds. The predicted octanol–water partition coefficient (Wildman–Crippen LogP) is 1.15. The second-order valence-electron chi connectivity index (χ2n) is 5.23. The molecule has 1 aliphatic heterocycles. The Kier molecular flexibility index (Phi) is 11.1. The van der Waals surface area contributed by atoms with Crippen LogP contribution >= 0.6 is 0 Å². The molecule has 124 valence electrons. The van der Waals surface area contributed by atoms with Gasteiger partial charge >= 0.3 is 0 Å². The van der Waals surface area contributed by atoms with Crippen molar-refractivity contribution in [3.05, 3.63) is 0 Å². The summed E-state index contributed by atoms with van der Waals surface area (Å²) in [7, 11) is 0. The van der Waals surface area contributed by atoms with Gasteiger partial charge in [0.1, 0.15) is 0 Å². The topological polar surface area (TPSA) is 78.1 Å². The van der Waals surface area contributed by atoms with Crippen LogP contribution in [-0.2, 0) is 14.2 Å². The van der Waals surface area contributed by atoms with Gasteiger partial charge in [-0.25, -0.2) is 0 Å². The van der Waals surface area contributed by atoms with Crippen LogP contribution in [-0.4, -0.2) is 58.7 Å². The van der Waals surface area contributed by atoms with Gasteiger partial charge < -0.3 is 25.3 Å². The molecule has 0 atom stereocenters. The van der Waals surface area contributed by atoms with Gasteiger partial charge in [-0.05, 0) is 38.5 Å². The SMILES string of the molecule is CCOCCCNC(N)=NCCCOCC1CCOCC1. The van der Waals surface area contributed by atoms with E-state index in [2.05, 4.69) is 10.3 Å². The van der Waals surface area contributed by atoms with E-state index in [-0.39, 0.29) is 0 Å². The minimum atomic E-state index is 0.510. The van der Waals surface area contributed by atoms with E-state index in [0.717, 1.165) is 71.9 Å². The lowest BCUT2D eigenvalue weighted by atomic mass is 10.0. The quantitative estimate of drug-likeness (QED) is 0.340. The maximum atomic E-state index is 5.76. The van der Waals surface area contributed by atoms with Crippen molar-refractivity contribution >= 4 is 5.96 Å². The number of hydrogen-bond acceptors (Lipinski definition) is 4. The molecule has 0 aromatic carbocycles. The fourth-order valence-corrected chi connectivity index (χ4v) is 2.12. The van der Waals surface area contributed by atoms with Gasteiger partial charge in [-0.3, -0.25) is 4.99 Å². The fourth-order valence-electron chi connectivity index (χ4n) is 2.12. The third-order valence-electron chi connectivity index (χ3n) is 3.40. The summed E-state index contributed by atoms with van der Waals surface area (Å²) in [4.78, 5) is 4.27. The molecule has 0 aromatic heterocycles. The van der Waals surface area contributed by atoms with E-state index in [1.165, 1.54) is 0 Å². The van der Waals surface area contributed by atoms with E-state index in [1.807, 2.05) is 6.92 Å². The van der Waals surface area contributed by atoms with E-state index in [1.54, 1.807) is 0 Å². The van der Waals surface area contributed by atoms with Crippen molar-refractivity contribution in [3.8, 4) is 0 Å². The summed E-state index contributed by atoms with van der Waals surface area (Å²) in [6, 6.07) is 0. The Morgan fingerprint density at radius 3 is 2.76 bits per heavy atom. The normalized spacial score (nSPS) is 17.1. The molecule has 6 heteroatoms. The molecular formula is C15H31N3O3. The van der Waals surface area contributed by atoms with E-state index >= 15 is 0 Å². The van der Waals surface area contributed by atoms with Crippen molar-refractivity contribution in [2.75, 3.05) is 52.7 Å². The van der Waals surface area contributed by atoms with Crippen LogP contribution in [0.25, 0.3) is 0 Å². The van der Waals surface area contributed by atoms with Crippen LogP contribution in [0.2, 0.25) is 0 Å². The summed E-state index contributed by atoms with van der Waals surface area (Å²) in [5, 5.41) is 3.08. The molecule has 0 aliphatic carbocycles. The van der Waals surface area contributed by atoms with Crippen LogP contribution in [0, 0.1) is 5.92 Å². The van der Waals surface area contributed by atoms with Gasteiger partial charge in [0, 0.05) is 52.7 Å². The molecule has 0 saturated carbocycles. The maximum Gasteiger partial charge on any atom is 0.188 e. The van der Waals surface area contributed by atoms with Gasteiger partial charge in [0.05, 0.1) is 0 Å². The molecule has 3 N–H and O–H groups in total. The first-order valence-electron chi connectivity index (χ1n) is 8.10. The second-order valence-corrected chi connectivity index (χ2v) is 5.23. The Morgan fingerprint density at radius 1 is 1.24 bits per heavy atom. The predicted molar refractivity (Wildman–Crippen MR) is 84.6 cm³/mol. The number of nitrogens with zero attached hydrogens (tertiary/aromatic N) is 1. The van der Waals surface area contributed by atoms with Crippen molar-refractivity contribution in [1.82, 2.24) is 5.32 Å². The van der Waals surface area contributed by atoms with Crippen molar-refractivity contribution in [2.45, 2.75) is 32.6 Å². The van der Waals surface area contributed by atoms with Gasteiger partial charge in [-0.15, -0.1) is 0 Å². The zero-order valence-electron chi connectivity index (χ0n) is 13.3. The zero-order valence-corrected chi connectivity index (χ0v) is 13.3. The molecule has 0 radical (unpaired) electrons. The zero-order chi connectivity index (χ0) is 15.2. The average molecular weight is 301 g/mol. The molecule has 1 saturated heterocycles. The van der Waals surface area contributed by atoms with Crippen molar-refractivity contribution in [3.63, 3.8) is 0 Å². The van der Waals surface area contributed by atoms with Crippen LogP contribution in [0.5, 0.6) is 0 Å². The Hall–Kier alpha value is -0.850. The molecule has 0 bridgehead atoms. The number of guanidine groups is 1. The molecule has 1 fully saturated rings. The monoisotopic (exact) mass is 301 g/mol. The molecule has 21 heavy (non-hydrogen) atoms. The molecule has 6 nitrogen and oxygen atoms in total. The number of ether oxygens (including phenoxy) is 3. The van der Waals surface area contributed by atoms with Gasteiger partial charge in [-0.2, -0.15) is 0 Å². The van der Waals surface area contributed by atoms with Crippen LogP contribution < -0.4 is 11.1 Å². The number of nitrogens with two attached hydrogens (primary N) is 1. The molecule has 0 spiro atoms. The highest BCUT2D eigenvalue weighted by Gasteiger charge is 2.13. The highest BCUT2D eigenvalue weighted by atomic mass is 16.5. The molecule has 0 aromatic rings. The average Bonchev–Trinajstić information content (AvgIpc) is 2.51. The first-order chi connectivity index (χ1) is 10.3. The number of aliphatic imine (C=N–C) groups is 1. The van der Waals surface area contributed by atoms with E-state index in [9.17, 15) is 0 Å². The third kappa shape index (κ3) is 10.5. The van der Waals surface area contributed by atoms with Gasteiger partial charge in [-0.1, -0.05) is 0 Å². The summed E-state index contributed by atoms with van der Waals surface area (Å²) in [6.07, 6.45) is 4.09. The first-order valence-corrected chi connectivity index (χ1v) is 8.10. The van der Waals surface area contributed by atoms with Gasteiger partial charge in [0.2, 0.25) is 0 Å². The van der Waals surface area contributed by atoms with Crippen molar-refractivity contribution < 1.29 is 14.2 Å². The fraction of sp³-hybridized carbons (Fsp3) is 0.933. The summed E-state index contributed by atoms with van der Waals surface area (Å²) in [5.74, 6) is 1.18. The molecular weight excluding hydrogens is 270 g/mol. The van der Waals surface area contributed by atoms with Crippen LogP contribution in [0.4, 0.5) is 0 Å². The minimum Gasteiger partial charge on any atom is -0.382 e. The Balaban J connectivity index is 1.88. The van der Waals surface area contributed by atoms with Crippen LogP contribution in [0.1, 0.15) is 32.6 Å². The molecule has 1 aliphatic rings. The number of hydrogen-bond donors (Lipinski definition) is 2. The molecule has 0 unspecified atom stereocenters. The molecule has 1 rings (SSSR count). The maximum absolute atomic E-state index is 5.76. The largest absolute Gasteiger partial charge is 0.382 e. The highest BCUT2D eigenvalue weighted by Crippen LogP contribution is 2.14. The number of nitrogens with one attached hydrogen (secondary N) is 1. The minimum absolute atomic E-state index is 0.510. The van der Waals surface area contributed by atoms with Crippen LogP contribution in [0.3, 0.4) is 0 Å². The smallest absolute Gasteiger partial charge is 0.188 e. The lowest BCUT2D eigenvalue weighted by Crippen LogP contribution is -2.33. The van der Waals surface area contributed by atoms with Gasteiger partial charge in [0.15, 0.2) is 5.96 Å². The lowest BCUT2D eigenvalue weighted by molar-refractivity contribution is 0.0205. The highest BCUT2D eigenvalue weighted by molar-refractivity contribution is 5.77. The first kappa shape index (κ1) is 18.2. The second kappa shape index (κ2) is 12.9. The van der Waals surface area contributed by atoms with Crippen molar-refractivity contribution in [1.29, 1.82) is 0 Å². The van der Waals surface area contributed by atoms with E-state index < -0.39 is 0 Å². The summed E-state index contributed by atoms with van der Waals surface area (Å²) < 4.78 is 16.2. The Bertz CT molecular complexity index is 269. The van der Waals surface area contributed by atoms with Crippen LogP contribution in [0.15, 0.2) is 4.99 Å². The van der Waals surface area contributed by atoms with Gasteiger partial charge in [0.25, 0.3) is 0 Å².